The Balaban J connectivity index is 1.63. The molecule has 0 unspecified atom stereocenters. The normalized spacial score (nSPS) is 15.6. The van der Waals surface area contributed by atoms with Crippen LogP contribution in [0.4, 0.5) is 11.8 Å². The second-order valence-electron chi connectivity index (χ2n) is 6.94. The number of rotatable bonds is 5. The van der Waals surface area contributed by atoms with E-state index in [9.17, 15) is 8.42 Å². The maximum absolute atomic E-state index is 11.6. The van der Waals surface area contributed by atoms with Gasteiger partial charge in [0.2, 0.25) is 16.0 Å². The Morgan fingerprint density at radius 3 is 2.62 bits per heavy atom. The molecular formula is C18H22N8O2S. The van der Waals surface area contributed by atoms with E-state index in [1.165, 1.54) is 6.07 Å². The number of hydrogen-bond acceptors (Lipinski definition) is 9. The molecule has 152 valence electrons. The van der Waals surface area contributed by atoms with Gasteiger partial charge in [-0.05, 0) is 24.7 Å². The number of nitrogens with zero attached hydrogens (tertiary/aromatic N) is 6. The molecule has 0 bridgehead atoms. The summed E-state index contributed by atoms with van der Waals surface area (Å²) in [5, 5.41) is 8.47. The van der Waals surface area contributed by atoms with E-state index in [0.717, 1.165) is 31.7 Å². The molecule has 3 heterocycles. The van der Waals surface area contributed by atoms with Crippen molar-refractivity contribution in [1.29, 1.82) is 0 Å². The van der Waals surface area contributed by atoms with Gasteiger partial charge in [-0.3, -0.25) is 0 Å². The summed E-state index contributed by atoms with van der Waals surface area (Å²) in [6.45, 7) is 3.89. The first kappa shape index (κ1) is 19.4. The molecule has 10 nitrogen and oxygen atoms in total. The molecule has 1 aliphatic rings. The summed E-state index contributed by atoms with van der Waals surface area (Å²) < 4.78 is 23.2. The van der Waals surface area contributed by atoms with E-state index in [1.54, 1.807) is 24.5 Å². The van der Waals surface area contributed by atoms with Crippen molar-refractivity contribution in [2.45, 2.75) is 11.4 Å². The molecule has 1 aromatic carbocycles. The zero-order valence-corrected chi connectivity index (χ0v) is 16.8. The Hall–Kier alpha value is -2.89. The molecule has 0 atom stereocenters. The Morgan fingerprint density at radius 1 is 1.10 bits per heavy atom. The summed E-state index contributed by atoms with van der Waals surface area (Å²) in [7, 11) is -1.67. The minimum atomic E-state index is -3.76. The Labute approximate surface area is 168 Å². The van der Waals surface area contributed by atoms with Gasteiger partial charge in [-0.1, -0.05) is 12.1 Å². The number of hydrogen-bond donors (Lipinski definition) is 2. The van der Waals surface area contributed by atoms with E-state index in [2.05, 4.69) is 42.1 Å². The van der Waals surface area contributed by atoms with Gasteiger partial charge in [0, 0.05) is 45.1 Å². The second-order valence-corrected chi connectivity index (χ2v) is 8.50. The first-order valence-corrected chi connectivity index (χ1v) is 10.7. The van der Waals surface area contributed by atoms with Gasteiger partial charge in [-0.25, -0.2) is 23.5 Å². The van der Waals surface area contributed by atoms with Crippen molar-refractivity contribution in [3.63, 3.8) is 0 Å². The van der Waals surface area contributed by atoms with E-state index >= 15 is 0 Å². The predicted octanol–water partition coefficient (Wildman–Crippen LogP) is 0.431. The lowest BCUT2D eigenvalue weighted by Crippen LogP contribution is -2.45. The van der Waals surface area contributed by atoms with Crippen molar-refractivity contribution in [2.24, 2.45) is 5.14 Å². The summed E-state index contributed by atoms with van der Waals surface area (Å²) in [4.78, 5) is 22.4. The van der Waals surface area contributed by atoms with Crippen LogP contribution in [-0.2, 0) is 16.6 Å². The average molecular weight is 414 g/mol. The number of anilines is 2. The van der Waals surface area contributed by atoms with Crippen molar-refractivity contribution in [3.8, 4) is 0 Å². The fourth-order valence-corrected chi connectivity index (χ4v) is 3.73. The Kier molecular flexibility index (Phi) is 5.26. The first-order valence-electron chi connectivity index (χ1n) is 9.18. The highest BCUT2D eigenvalue weighted by molar-refractivity contribution is 7.89. The molecule has 0 aliphatic carbocycles. The molecule has 11 heteroatoms. The molecule has 4 rings (SSSR count). The molecule has 0 saturated carbocycles. The number of primary sulfonamides is 1. The Morgan fingerprint density at radius 2 is 1.86 bits per heavy atom. The average Bonchev–Trinajstić information content (AvgIpc) is 2.72. The molecule has 1 fully saturated rings. The molecular weight excluding hydrogens is 392 g/mol. The number of aromatic nitrogens is 4. The lowest BCUT2D eigenvalue weighted by Gasteiger charge is -2.32. The van der Waals surface area contributed by atoms with E-state index in [4.69, 9.17) is 5.14 Å². The van der Waals surface area contributed by atoms with Gasteiger partial charge in [0.25, 0.3) is 0 Å². The minimum absolute atomic E-state index is 0.0715. The van der Waals surface area contributed by atoms with Crippen LogP contribution in [0.5, 0.6) is 0 Å². The summed E-state index contributed by atoms with van der Waals surface area (Å²) >= 11 is 0. The van der Waals surface area contributed by atoms with E-state index in [1.807, 2.05) is 6.07 Å². The van der Waals surface area contributed by atoms with Gasteiger partial charge < -0.3 is 15.1 Å². The monoisotopic (exact) mass is 414 g/mol. The van der Waals surface area contributed by atoms with Crippen LogP contribution in [0.15, 0.2) is 41.6 Å². The van der Waals surface area contributed by atoms with E-state index in [-0.39, 0.29) is 4.90 Å². The molecule has 2 aromatic heterocycles. The fourth-order valence-electron chi connectivity index (χ4n) is 3.14. The first-order chi connectivity index (χ1) is 13.9. The number of piperazine rings is 1. The number of nitrogens with one attached hydrogen (secondary N) is 1. The van der Waals surface area contributed by atoms with Gasteiger partial charge in [0.05, 0.1) is 4.90 Å². The van der Waals surface area contributed by atoms with Crippen LogP contribution in [-0.4, -0.2) is 66.5 Å². The lowest BCUT2D eigenvalue weighted by atomic mass is 10.2. The topological polar surface area (TPSA) is 130 Å². The van der Waals surface area contributed by atoms with Crippen molar-refractivity contribution in [2.75, 3.05) is 43.4 Å². The van der Waals surface area contributed by atoms with Crippen LogP contribution in [0.2, 0.25) is 0 Å². The molecule has 0 spiro atoms. The summed E-state index contributed by atoms with van der Waals surface area (Å²) in [6.07, 6.45) is 3.19. The van der Waals surface area contributed by atoms with Gasteiger partial charge in [-0.2, -0.15) is 9.97 Å². The van der Waals surface area contributed by atoms with Crippen LogP contribution < -0.4 is 15.4 Å². The molecule has 29 heavy (non-hydrogen) atoms. The third-order valence-electron chi connectivity index (χ3n) is 4.79. The summed E-state index contributed by atoms with van der Waals surface area (Å²) in [5.74, 6) is 1.16. The molecule has 0 amide bonds. The van der Waals surface area contributed by atoms with Gasteiger partial charge >= 0.3 is 0 Å². The summed E-state index contributed by atoms with van der Waals surface area (Å²) in [6, 6.07) is 6.48. The molecule has 3 N–H and O–H groups in total. The smallest absolute Gasteiger partial charge is 0.238 e. The van der Waals surface area contributed by atoms with Crippen molar-refractivity contribution in [3.05, 3.63) is 42.2 Å². The van der Waals surface area contributed by atoms with Crippen molar-refractivity contribution < 1.29 is 8.42 Å². The lowest BCUT2D eigenvalue weighted by molar-refractivity contribution is 0.311. The Bertz CT molecular complexity index is 1130. The van der Waals surface area contributed by atoms with Gasteiger partial charge in [-0.15, -0.1) is 0 Å². The number of nitrogens with two attached hydrogens (primary N) is 1. The SMILES string of the molecule is CN1CCN(c2nc(NCc3cccc(S(N)(=O)=O)c3)c3nccnc3n2)CC1. The van der Waals surface area contributed by atoms with Crippen molar-refractivity contribution in [1.82, 2.24) is 24.8 Å². The maximum Gasteiger partial charge on any atom is 0.238 e. The number of sulfonamides is 1. The second kappa shape index (κ2) is 7.85. The molecule has 0 radical (unpaired) electrons. The van der Waals surface area contributed by atoms with E-state index < -0.39 is 10.0 Å². The number of benzene rings is 1. The highest BCUT2D eigenvalue weighted by Gasteiger charge is 2.19. The molecule has 1 saturated heterocycles. The third kappa shape index (κ3) is 4.42. The van der Waals surface area contributed by atoms with Crippen molar-refractivity contribution >= 4 is 33.0 Å². The zero-order chi connectivity index (χ0) is 20.4. The maximum atomic E-state index is 11.6. The molecule has 1 aliphatic heterocycles. The van der Waals surface area contributed by atoms with Crippen LogP contribution in [0, 0.1) is 0 Å². The zero-order valence-electron chi connectivity index (χ0n) is 16.0. The highest BCUT2D eigenvalue weighted by atomic mass is 32.2. The number of likely N-dealkylation sites (N-methyl/N-ethyl adjacent to an activating group) is 1. The van der Waals surface area contributed by atoms with Crippen LogP contribution in [0.3, 0.4) is 0 Å². The fraction of sp³-hybridized carbons (Fsp3) is 0.333. The van der Waals surface area contributed by atoms with Crippen LogP contribution in [0.1, 0.15) is 5.56 Å². The predicted molar refractivity (Wildman–Crippen MR) is 110 cm³/mol. The van der Waals surface area contributed by atoms with Crippen LogP contribution in [0.25, 0.3) is 11.2 Å². The van der Waals surface area contributed by atoms with E-state index in [0.29, 0.717) is 29.5 Å². The molecule has 3 aromatic rings. The standard InChI is InChI=1S/C18H22N8O2S/c1-25-7-9-26(10-8-25)18-23-16-15(20-5-6-21-16)17(24-18)22-12-13-3-2-4-14(11-13)29(19,27)28/h2-6,11H,7-10,12H2,1H3,(H2,19,27,28)(H,21,22,23,24). The van der Waals surface area contributed by atoms with Crippen LogP contribution >= 0.6 is 0 Å². The summed E-state index contributed by atoms with van der Waals surface area (Å²) in [5.41, 5.74) is 1.83. The minimum Gasteiger partial charge on any atom is -0.364 e. The number of fused-ring (bicyclic) bond motifs is 1. The largest absolute Gasteiger partial charge is 0.364 e. The third-order valence-corrected chi connectivity index (χ3v) is 5.70. The van der Waals surface area contributed by atoms with Gasteiger partial charge in [0.15, 0.2) is 17.0 Å². The van der Waals surface area contributed by atoms with Gasteiger partial charge in [0.1, 0.15) is 0 Å². The quantitative estimate of drug-likeness (QED) is 0.610. The highest BCUT2D eigenvalue weighted by Crippen LogP contribution is 2.22.